The van der Waals surface area contributed by atoms with E-state index in [1.807, 2.05) is 19.1 Å². The summed E-state index contributed by atoms with van der Waals surface area (Å²) in [6.07, 6.45) is 0. The molecule has 150 valence electrons. The fraction of sp³-hybridized carbons (Fsp3) is 0.350. The van der Waals surface area contributed by atoms with Crippen molar-refractivity contribution in [3.8, 4) is 0 Å². The third-order valence-corrected chi connectivity index (χ3v) is 6.72. The normalized spacial score (nSPS) is 16.1. The molecule has 6 nitrogen and oxygen atoms in total. The number of sulfonamides is 1. The highest BCUT2D eigenvalue weighted by molar-refractivity contribution is 7.89. The molecule has 1 fully saturated rings. The average molecular weight is 405 g/mol. The summed E-state index contributed by atoms with van der Waals surface area (Å²) < 4.78 is 39.7. The third kappa shape index (κ3) is 4.95. The molecule has 0 unspecified atom stereocenters. The second-order valence-corrected chi connectivity index (χ2v) is 8.76. The number of hydrogen-bond donors (Lipinski definition) is 1. The minimum absolute atomic E-state index is 0.104. The van der Waals surface area contributed by atoms with Crippen LogP contribution in [0.5, 0.6) is 0 Å². The van der Waals surface area contributed by atoms with Crippen LogP contribution >= 0.6 is 0 Å². The zero-order valence-corrected chi connectivity index (χ0v) is 16.6. The van der Waals surface area contributed by atoms with Crippen LogP contribution in [0.2, 0.25) is 0 Å². The van der Waals surface area contributed by atoms with Crippen molar-refractivity contribution in [3.05, 3.63) is 65.5 Å². The zero-order valence-electron chi connectivity index (χ0n) is 15.8. The molecule has 0 saturated carbocycles. The van der Waals surface area contributed by atoms with E-state index in [0.29, 0.717) is 44.8 Å². The van der Waals surface area contributed by atoms with Gasteiger partial charge in [0, 0.05) is 44.8 Å². The minimum Gasteiger partial charge on any atom is -0.351 e. The van der Waals surface area contributed by atoms with Gasteiger partial charge in [-0.25, -0.2) is 12.8 Å². The first-order chi connectivity index (χ1) is 13.4. The average Bonchev–Trinajstić information content (AvgIpc) is 2.69. The molecule has 28 heavy (non-hydrogen) atoms. The maximum Gasteiger partial charge on any atom is 0.251 e. The summed E-state index contributed by atoms with van der Waals surface area (Å²) in [4.78, 5) is 14.3. The van der Waals surface area contributed by atoms with Crippen molar-refractivity contribution in [2.24, 2.45) is 0 Å². The molecule has 0 aromatic heterocycles. The molecule has 0 radical (unpaired) electrons. The van der Waals surface area contributed by atoms with Crippen LogP contribution in [-0.2, 0) is 10.0 Å². The summed E-state index contributed by atoms with van der Waals surface area (Å²) in [6, 6.07) is 12.3. The van der Waals surface area contributed by atoms with Gasteiger partial charge >= 0.3 is 0 Å². The Labute approximate surface area is 165 Å². The number of benzene rings is 2. The van der Waals surface area contributed by atoms with Crippen LogP contribution in [0.1, 0.15) is 15.9 Å². The highest BCUT2D eigenvalue weighted by Gasteiger charge is 2.28. The smallest absolute Gasteiger partial charge is 0.251 e. The molecule has 3 rings (SSSR count). The largest absolute Gasteiger partial charge is 0.351 e. The van der Waals surface area contributed by atoms with E-state index in [0.717, 1.165) is 17.7 Å². The van der Waals surface area contributed by atoms with Crippen molar-refractivity contribution in [1.82, 2.24) is 14.5 Å². The maximum absolute atomic E-state index is 13.0. The Bertz CT molecular complexity index is 907. The number of rotatable bonds is 6. The van der Waals surface area contributed by atoms with Crippen molar-refractivity contribution in [2.45, 2.75) is 11.8 Å². The molecule has 0 bridgehead atoms. The Kier molecular flexibility index (Phi) is 6.43. The lowest BCUT2D eigenvalue weighted by Gasteiger charge is -2.33. The molecule has 8 heteroatoms. The molecular formula is C20H24FN3O3S. The molecule has 1 aliphatic rings. The summed E-state index contributed by atoms with van der Waals surface area (Å²) in [5, 5.41) is 2.89. The van der Waals surface area contributed by atoms with Gasteiger partial charge in [-0.15, -0.1) is 0 Å². The molecule has 1 heterocycles. The quantitative estimate of drug-likeness (QED) is 0.797. The predicted octanol–water partition coefficient (Wildman–Crippen LogP) is 1.87. The molecule has 1 aliphatic heterocycles. The number of hydrogen-bond acceptors (Lipinski definition) is 4. The van der Waals surface area contributed by atoms with Crippen LogP contribution in [0.4, 0.5) is 4.39 Å². The fourth-order valence-electron chi connectivity index (χ4n) is 3.08. The van der Waals surface area contributed by atoms with Crippen LogP contribution in [0.3, 0.4) is 0 Å². The van der Waals surface area contributed by atoms with Gasteiger partial charge < -0.3 is 5.32 Å². The van der Waals surface area contributed by atoms with Crippen molar-refractivity contribution in [1.29, 1.82) is 0 Å². The lowest BCUT2D eigenvalue weighted by Crippen LogP contribution is -2.50. The van der Waals surface area contributed by atoms with Crippen LogP contribution in [0, 0.1) is 12.7 Å². The van der Waals surface area contributed by atoms with Crippen LogP contribution < -0.4 is 5.32 Å². The lowest BCUT2D eigenvalue weighted by atomic mass is 10.1. The van der Waals surface area contributed by atoms with E-state index in [-0.39, 0.29) is 10.8 Å². The van der Waals surface area contributed by atoms with E-state index in [4.69, 9.17) is 0 Å². The SMILES string of the molecule is Cc1ccc(C(=O)NCCN2CCN(S(=O)(=O)c3ccc(F)cc3)CC2)cc1. The van der Waals surface area contributed by atoms with E-state index >= 15 is 0 Å². The summed E-state index contributed by atoms with van der Waals surface area (Å²) in [5.74, 6) is -0.575. The van der Waals surface area contributed by atoms with Crippen molar-refractivity contribution >= 4 is 15.9 Å². The van der Waals surface area contributed by atoms with Crippen molar-refractivity contribution in [2.75, 3.05) is 39.3 Å². The monoisotopic (exact) mass is 405 g/mol. The first-order valence-electron chi connectivity index (χ1n) is 9.19. The molecule has 2 aromatic rings. The second kappa shape index (κ2) is 8.81. The van der Waals surface area contributed by atoms with Gasteiger partial charge in [0.15, 0.2) is 0 Å². The first kappa shape index (κ1) is 20.4. The number of halogens is 1. The third-order valence-electron chi connectivity index (χ3n) is 4.81. The summed E-state index contributed by atoms with van der Waals surface area (Å²) in [5.41, 5.74) is 1.73. The van der Waals surface area contributed by atoms with Gasteiger partial charge in [-0.05, 0) is 43.3 Å². The fourth-order valence-corrected chi connectivity index (χ4v) is 4.51. The minimum atomic E-state index is -3.61. The zero-order chi connectivity index (χ0) is 20.1. The van der Waals surface area contributed by atoms with E-state index in [1.165, 1.54) is 16.4 Å². The highest BCUT2D eigenvalue weighted by Crippen LogP contribution is 2.17. The Morgan fingerprint density at radius 3 is 2.21 bits per heavy atom. The Morgan fingerprint density at radius 2 is 1.61 bits per heavy atom. The lowest BCUT2D eigenvalue weighted by molar-refractivity contribution is 0.0945. The summed E-state index contributed by atoms with van der Waals surface area (Å²) in [7, 11) is -3.61. The maximum atomic E-state index is 13.0. The molecule has 1 saturated heterocycles. The molecule has 0 aliphatic carbocycles. The molecule has 2 aromatic carbocycles. The highest BCUT2D eigenvalue weighted by atomic mass is 32.2. The van der Waals surface area contributed by atoms with Gasteiger partial charge in [0.2, 0.25) is 10.0 Å². The summed E-state index contributed by atoms with van der Waals surface area (Å²) in [6.45, 7) is 5.02. The Balaban J connectivity index is 1.45. The van der Waals surface area contributed by atoms with E-state index in [9.17, 15) is 17.6 Å². The summed E-state index contributed by atoms with van der Waals surface area (Å²) >= 11 is 0. The standard InChI is InChI=1S/C20H24FN3O3S/c1-16-2-4-17(5-3-16)20(25)22-10-11-23-12-14-24(15-13-23)28(26,27)19-8-6-18(21)7-9-19/h2-9H,10-15H2,1H3,(H,22,25). The van der Waals surface area contributed by atoms with E-state index < -0.39 is 15.8 Å². The predicted molar refractivity (Wildman–Crippen MR) is 105 cm³/mol. The number of nitrogens with one attached hydrogen (secondary N) is 1. The number of carbonyl (C=O) groups is 1. The van der Waals surface area contributed by atoms with Gasteiger partial charge in [-0.1, -0.05) is 17.7 Å². The molecule has 0 atom stereocenters. The number of carbonyl (C=O) groups excluding carboxylic acids is 1. The number of nitrogens with zero attached hydrogens (tertiary/aromatic N) is 2. The molecule has 1 N–H and O–H groups in total. The topological polar surface area (TPSA) is 69.7 Å². The van der Waals surface area contributed by atoms with Gasteiger partial charge in [-0.3, -0.25) is 9.69 Å². The number of piperazine rings is 1. The number of amides is 1. The van der Waals surface area contributed by atoms with Crippen molar-refractivity contribution in [3.63, 3.8) is 0 Å². The molecular weight excluding hydrogens is 381 g/mol. The van der Waals surface area contributed by atoms with Gasteiger partial charge in [0.25, 0.3) is 5.91 Å². The van der Waals surface area contributed by atoms with Gasteiger partial charge in [-0.2, -0.15) is 4.31 Å². The van der Waals surface area contributed by atoms with Crippen molar-refractivity contribution < 1.29 is 17.6 Å². The molecule has 0 spiro atoms. The first-order valence-corrected chi connectivity index (χ1v) is 10.6. The van der Waals surface area contributed by atoms with Crippen LogP contribution in [0.25, 0.3) is 0 Å². The van der Waals surface area contributed by atoms with Crippen LogP contribution in [-0.4, -0.2) is 62.8 Å². The van der Waals surface area contributed by atoms with E-state index in [1.54, 1.807) is 12.1 Å². The molecule has 1 amide bonds. The second-order valence-electron chi connectivity index (χ2n) is 6.82. The van der Waals surface area contributed by atoms with Crippen LogP contribution in [0.15, 0.2) is 53.4 Å². The van der Waals surface area contributed by atoms with Gasteiger partial charge in [0.05, 0.1) is 4.90 Å². The Hall–Kier alpha value is -2.29. The number of aryl methyl sites for hydroxylation is 1. The Morgan fingerprint density at radius 1 is 1.00 bits per heavy atom. The van der Waals surface area contributed by atoms with Gasteiger partial charge in [0.1, 0.15) is 5.82 Å². The van der Waals surface area contributed by atoms with E-state index in [2.05, 4.69) is 10.2 Å².